The predicted octanol–water partition coefficient (Wildman–Crippen LogP) is 4.20. The molecule has 5 nitrogen and oxygen atoms in total. The van der Waals surface area contributed by atoms with Crippen molar-refractivity contribution in [2.24, 2.45) is 0 Å². The van der Waals surface area contributed by atoms with E-state index in [1.54, 1.807) is 7.11 Å². The van der Waals surface area contributed by atoms with E-state index in [9.17, 15) is 0 Å². The summed E-state index contributed by atoms with van der Waals surface area (Å²) in [4.78, 5) is 7.29. The zero-order valence-electron chi connectivity index (χ0n) is 17.4. The maximum absolute atomic E-state index is 5.59. The summed E-state index contributed by atoms with van der Waals surface area (Å²) in [5.41, 5.74) is 6.14. The summed E-state index contributed by atoms with van der Waals surface area (Å²) in [5.74, 6) is 1.64. The van der Waals surface area contributed by atoms with Crippen molar-refractivity contribution in [1.29, 1.82) is 0 Å². The molecule has 3 heterocycles. The van der Waals surface area contributed by atoms with Gasteiger partial charge in [0.25, 0.3) is 0 Å². The second-order valence-corrected chi connectivity index (χ2v) is 8.21. The molecular weight excluding hydrogens is 350 g/mol. The van der Waals surface area contributed by atoms with Crippen molar-refractivity contribution >= 4 is 16.6 Å². The van der Waals surface area contributed by atoms with Crippen LogP contribution in [0.1, 0.15) is 44.0 Å². The molecule has 1 aromatic carbocycles. The number of ether oxygens (including phenoxy) is 2. The van der Waals surface area contributed by atoms with Crippen LogP contribution in [0.2, 0.25) is 0 Å². The van der Waals surface area contributed by atoms with Crippen molar-refractivity contribution in [3.05, 3.63) is 47.4 Å². The summed E-state index contributed by atoms with van der Waals surface area (Å²) < 4.78 is 13.5. The maximum atomic E-state index is 5.59. The fourth-order valence-corrected chi connectivity index (χ4v) is 4.29. The summed E-state index contributed by atoms with van der Waals surface area (Å²) in [5, 5.41) is 0. The van der Waals surface area contributed by atoms with Gasteiger partial charge in [0, 0.05) is 46.0 Å². The van der Waals surface area contributed by atoms with E-state index >= 15 is 0 Å². The molecule has 0 radical (unpaired) electrons. The van der Waals surface area contributed by atoms with Gasteiger partial charge in [0.2, 0.25) is 0 Å². The van der Waals surface area contributed by atoms with Crippen LogP contribution in [0.5, 0.6) is 0 Å². The van der Waals surface area contributed by atoms with E-state index in [4.69, 9.17) is 14.5 Å². The Kier molecular flexibility index (Phi) is 5.56. The van der Waals surface area contributed by atoms with Crippen molar-refractivity contribution in [2.75, 3.05) is 33.9 Å². The predicted molar refractivity (Wildman–Crippen MR) is 113 cm³/mol. The third-order valence-corrected chi connectivity index (χ3v) is 5.80. The number of allylic oxidation sites excluding steroid dienone is 2. The van der Waals surface area contributed by atoms with Gasteiger partial charge in [0.15, 0.2) is 0 Å². The van der Waals surface area contributed by atoms with E-state index < -0.39 is 0 Å². The quantitative estimate of drug-likeness (QED) is 0.778. The molecule has 1 aromatic heterocycles. The van der Waals surface area contributed by atoms with E-state index in [-0.39, 0.29) is 6.10 Å². The molecule has 5 heteroatoms. The fraction of sp³-hybridized carbons (Fsp3) is 0.522. The molecule has 2 aliphatic rings. The molecule has 2 aromatic rings. The van der Waals surface area contributed by atoms with Gasteiger partial charge in [0.1, 0.15) is 5.82 Å². The average Bonchev–Trinajstić information content (AvgIpc) is 3.05. The first-order valence-corrected chi connectivity index (χ1v) is 10.3. The van der Waals surface area contributed by atoms with Gasteiger partial charge in [0.05, 0.1) is 23.7 Å². The lowest BCUT2D eigenvalue weighted by atomic mass is 9.99. The Labute approximate surface area is 167 Å². The van der Waals surface area contributed by atoms with Crippen LogP contribution in [-0.4, -0.2) is 54.5 Å². The summed E-state index contributed by atoms with van der Waals surface area (Å²) in [6.45, 7) is 7.76. The second-order valence-electron chi connectivity index (χ2n) is 8.21. The highest BCUT2D eigenvalue weighted by molar-refractivity contribution is 5.84. The first-order valence-electron chi connectivity index (χ1n) is 10.3. The summed E-state index contributed by atoms with van der Waals surface area (Å²) in [6.07, 6.45) is 6.73. The number of fused-ring (bicyclic) bond motifs is 1. The van der Waals surface area contributed by atoms with Crippen molar-refractivity contribution in [3.63, 3.8) is 0 Å². The molecule has 1 unspecified atom stereocenters. The number of benzene rings is 1. The van der Waals surface area contributed by atoms with Crippen LogP contribution in [0.4, 0.5) is 0 Å². The van der Waals surface area contributed by atoms with Gasteiger partial charge in [-0.15, -0.1) is 0 Å². The smallest absolute Gasteiger partial charge is 0.113 e. The van der Waals surface area contributed by atoms with Gasteiger partial charge in [-0.25, -0.2) is 4.98 Å². The van der Waals surface area contributed by atoms with E-state index in [0.29, 0.717) is 5.92 Å². The highest BCUT2D eigenvalue weighted by atomic mass is 16.5. The second kappa shape index (κ2) is 8.10. The number of rotatable bonds is 5. The Balaban J connectivity index is 1.79. The number of methoxy groups -OCH3 is 1. The van der Waals surface area contributed by atoms with Gasteiger partial charge < -0.3 is 18.9 Å². The molecule has 150 valence electrons. The minimum absolute atomic E-state index is 0.141. The van der Waals surface area contributed by atoms with Crippen LogP contribution in [0.3, 0.4) is 0 Å². The molecule has 1 atom stereocenters. The van der Waals surface area contributed by atoms with Crippen molar-refractivity contribution in [2.45, 2.75) is 45.3 Å². The normalized spacial score (nSPS) is 19.6. The number of hydrogen-bond acceptors (Lipinski definition) is 4. The van der Waals surface area contributed by atoms with Crippen LogP contribution < -0.4 is 0 Å². The topological polar surface area (TPSA) is 39.5 Å². The summed E-state index contributed by atoms with van der Waals surface area (Å²) in [7, 11) is 3.91. The maximum Gasteiger partial charge on any atom is 0.113 e. The molecule has 1 fully saturated rings. The van der Waals surface area contributed by atoms with E-state index in [1.807, 2.05) is 0 Å². The first-order chi connectivity index (χ1) is 13.5. The molecule has 0 bridgehead atoms. The Morgan fingerprint density at radius 2 is 2.07 bits per heavy atom. The molecule has 2 aliphatic heterocycles. The highest BCUT2D eigenvalue weighted by Gasteiger charge is 2.24. The number of hydrogen-bond donors (Lipinski definition) is 0. The largest absolute Gasteiger partial charge is 0.381 e. The summed E-state index contributed by atoms with van der Waals surface area (Å²) in [6, 6.07) is 6.66. The van der Waals surface area contributed by atoms with Crippen molar-refractivity contribution < 1.29 is 9.47 Å². The van der Waals surface area contributed by atoms with Crippen LogP contribution in [0, 0.1) is 0 Å². The van der Waals surface area contributed by atoms with Gasteiger partial charge in [-0.2, -0.15) is 0 Å². The third-order valence-electron chi connectivity index (χ3n) is 5.80. The third kappa shape index (κ3) is 3.87. The highest BCUT2D eigenvalue weighted by Crippen LogP contribution is 2.32. The number of imidazole rings is 1. The van der Waals surface area contributed by atoms with Crippen LogP contribution in [0.15, 0.2) is 36.0 Å². The first kappa shape index (κ1) is 19.2. The molecule has 28 heavy (non-hydrogen) atoms. The Morgan fingerprint density at radius 3 is 2.79 bits per heavy atom. The van der Waals surface area contributed by atoms with Gasteiger partial charge in [-0.3, -0.25) is 0 Å². The zero-order valence-corrected chi connectivity index (χ0v) is 17.4. The molecule has 0 spiro atoms. The number of nitrogens with zero attached hydrogens (tertiary/aromatic N) is 3. The monoisotopic (exact) mass is 381 g/mol. The van der Waals surface area contributed by atoms with Gasteiger partial charge >= 0.3 is 0 Å². The van der Waals surface area contributed by atoms with E-state index in [1.165, 1.54) is 28.1 Å². The molecular formula is C23H31N3O2. The van der Waals surface area contributed by atoms with E-state index in [2.05, 4.69) is 60.8 Å². The molecule has 0 N–H and O–H groups in total. The lowest BCUT2D eigenvalue weighted by Crippen LogP contribution is -2.22. The minimum atomic E-state index is 0.141. The molecule has 0 saturated carbocycles. The Hall–Kier alpha value is -2.11. The minimum Gasteiger partial charge on any atom is -0.381 e. The molecule has 0 aliphatic carbocycles. The van der Waals surface area contributed by atoms with E-state index in [0.717, 1.165) is 44.7 Å². The van der Waals surface area contributed by atoms with Crippen LogP contribution in [-0.2, 0) is 16.0 Å². The lowest BCUT2D eigenvalue weighted by molar-refractivity contribution is 0.0799. The zero-order chi connectivity index (χ0) is 19.7. The van der Waals surface area contributed by atoms with Gasteiger partial charge in [-0.1, -0.05) is 17.7 Å². The number of aromatic nitrogens is 2. The van der Waals surface area contributed by atoms with Crippen molar-refractivity contribution in [3.8, 4) is 0 Å². The molecule has 0 amide bonds. The van der Waals surface area contributed by atoms with Crippen LogP contribution >= 0.6 is 0 Å². The fourth-order valence-electron chi connectivity index (χ4n) is 4.29. The van der Waals surface area contributed by atoms with Gasteiger partial charge in [-0.05, 0) is 50.0 Å². The summed E-state index contributed by atoms with van der Waals surface area (Å²) >= 11 is 0. The van der Waals surface area contributed by atoms with Crippen LogP contribution in [0.25, 0.3) is 16.6 Å². The average molecular weight is 382 g/mol. The standard InChI is InChI=1S/C23H31N3O2/c1-16-11-20(15-25(3)13-16)19-5-6-21-22(12-19)26(14-17(2)27-4)23(24-21)18-7-9-28-10-8-18/h5-6,11-12,15,17-18H,7-10,13-14H2,1-4H3. The SMILES string of the molecule is COC(C)Cn1c(C2CCOCC2)nc2ccc(C3=CN(C)CC(C)=C3)cc21. The number of likely N-dealkylation sites (N-methyl/N-ethyl adjacent to an activating group) is 1. The lowest BCUT2D eigenvalue weighted by Gasteiger charge is -2.24. The van der Waals surface area contributed by atoms with Crippen molar-refractivity contribution in [1.82, 2.24) is 14.5 Å². The molecule has 1 saturated heterocycles. The Morgan fingerprint density at radius 1 is 1.29 bits per heavy atom. The Bertz CT molecular complexity index is 906. The molecule has 4 rings (SSSR count).